The molecule has 3 rings (SSSR count). The third kappa shape index (κ3) is 3.77. The summed E-state index contributed by atoms with van der Waals surface area (Å²) in [6, 6.07) is 12.7. The molecule has 1 aliphatic heterocycles. The second kappa shape index (κ2) is 7.20. The lowest BCUT2D eigenvalue weighted by Gasteiger charge is -2.36. The lowest BCUT2D eigenvalue weighted by molar-refractivity contribution is 0.249. The Morgan fingerprint density at radius 2 is 1.83 bits per heavy atom. The molecule has 2 aromatic carbocycles. The predicted octanol–water partition coefficient (Wildman–Crippen LogP) is 3.81. The summed E-state index contributed by atoms with van der Waals surface area (Å²) >= 11 is 6.12. The maximum Gasteiger partial charge on any atom is 0.142 e. The molecule has 2 aromatic rings. The van der Waals surface area contributed by atoms with Crippen molar-refractivity contribution in [3.05, 3.63) is 58.9 Å². The molecule has 0 N–H and O–H groups in total. The summed E-state index contributed by atoms with van der Waals surface area (Å²) in [4.78, 5) is 4.67. The molecule has 3 nitrogen and oxygen atoms in total. The SMILES string of the molecule is COc1ccccc1N1CCN(Cc2ccc(F)cc2Cl)CC1. The lowest BCUT2D eigenvalue weighted by atomic mass is 10.1. The third-order valence-electron chi connectivity index (χ3n) is 4.21. The van der Waals surface area contributed by atoms with Crippen LogP contribution in [-0.2, 0) is 6.54 Å². The molecule has 1 saturated heterocycles. The van der Waals surface area contributed by atoms with E-state index in [2.05, 4.69) is 15.9 Å². The van der Waals surface area contributed by atoms with E-state index in [4.69, 9.17) is 16.3 Å². The minimum Gasteiger partial charge on any atom is -0.495 e. The van der Waals surface area contributed by atoms with E-state index in [9.17, 15) is 4.39 Å². The Hall–Kier alpha value is -1.78. The van der Waals surface area contributed by atoms with Crippen LogP contribution in [0.5, 0.6) is 5.75 Å². The zero-order valence-corrected chi connectivity index (χ0v) is 13.9. The smallest absolute Gasteiger partial charge is 0.142 e. The van der Waals surface area contributed by atoms with Crippen LogP contribution in [0.1, 0.15) is 5.56 Å². The first kappa shape index (κ1) is 16.1. The number of rotatable bonds is 4. The average Bonchev–Trinajstić information content (AvgIpc) is 2.58. The van der Waals surface area contributed by atoms with Crippen LogP contribution in [0, 0.1) is 5.82 Å². The largest absolute Gasteiger partial charge is 0.495 e. The van der Waals surface area contributed by atoms with Crippen molar-refractivity contribution >= 4 is 17.3 Å². The van der Waals surface area contributed by atoms with Crippen LogP contribution in [-0.4, -0.2) is 38.2 Å². The summed E-state index contributed by atoms with van der Waals surface area (Å²) in [6.07, 6.45) is 0. The quantitative estimate of drug-likeness (QED) is 0.845. The van der Waals surface area contributed by atoms with Gasteiger partial charge in [0.15, 0.2) is 0 Å². The molecule has 0 radical (unpaired) electrons. The molecule has 0 aliphatic carbocycles. The zero-order chi connectivity index (χ0) is 16.2. The molecule has 0 atom stereocenters. The highest BCUT2D eigenvalue weighted by atomic mass is 35.5. The van der Waals surface area contributed by atoms with Gasteiger partial charge in [-0.1, -0.05) is 29.8 Å². The van der Waals surface area contributed by atoms with Gasteiger partial charge in [0, 0.05) is 37.7 Å². The van der Waals surface area contributed by atoms with Crippen molar-refractivity contribution in [2.75, 3.05) is 38.2 Å². The number of ether oxygens (including phenoxy) is 1. The second-order valence-electron chi connectivity index (χ2n) is 5.67. The van der Waals surface area contributed by atoms with E-state index >= 15 is 0 Å². The molecule has 0 saturated carbocycles. The van der Waals surface area contributed by atoms with Crippen LogP contribution < -0.4 is 9.64 Å². The first-order valence-corrected chi connectivity index (χ1v) is 8.09. The Morgan fingerprint density at radius 1 is 1.09 bits per heavy atom. The highest BCUT2D eigenvalue weighted by molar-refractivity contribution is 6.31. The van der Waals surface area contributed by atoms with Gasteiger partial charge in [0.05, 0.1) is 12.8 Å². The van der Waals surface area contributed by atoms with Crippen LogP contribution in [0.4, 0.5) is 10.1 Å². The number of piperazine rings is 1. The monoisotopic (exact) mass is 334 g/mol. The molecule has 1 fully saturated rings. The molecular formula is C18H20ClFN2O. The van der Waals surface area contributed by atoms with Gasteiger partial charge in [0.1, 0.15) is 11.6 Å². The molecule has 0 bridgehead atoms. The molecule has 0 amide bonds. The van der Waals surface area contributed by atoms with Crippen molar-refractivity contribution in [2.24, 2.45) is 0 Å². The Labute approximate surface area is 141 Å². The Balaban J connectivity index is 1.62. The van der Waals surface area contributed by atoms with Gasteiger partial charge in [-0.15, -0.1) is 0 Å². The van der Waals surface area contributed by atoms with Crippen molar-refractivity contribution in [3.63, 3.8) is 0 Å². The molecule has 1 heterocycles. The van der Waals surface area contributed by atoms with Gasteiger partial charge in [-0.25, -0.2) is 4.39 Å². The molecule has 1 aliphatic rings. The van der Waals surface area contributed by atoms with E-state index in [1.54, 1.807) is 13.2 Å². The molecule has 0 aromatic heterocycles. The summed E-state index contributed by atoms with van der Waals surface area (Å²) < 4.78 is 18.6. The number of benzene rings is 2. The van der Waals surface area contributed by atoms with Crippen molar-refractivity contribution in [2.45, 2.75) is 6.54 Å². The molecule has 122 valence electrons. The van der Waals surface area contributed by atoms with Gasteiger partial charge in [-0.3, -0.25) is 4.90 Å². The van der Waals surface area contributed by atoms with Gasteiger partial charge in [0.25, 0.3) is 0 Å². The van der Waals surface area contributed by atoms with E-state index in [-0.39, 0.29) is 5.82 Å². The van der Waals surface area contributed by atoms with Gasteiger partial charge in [-0.05, 0) is 29.8 Å². The van der Waals surface area contributed by atoms with Crippen LogP contribution in [0.3, 0.4) is 0 Å². The molecule has 23 heavy (non-hydrogen) atoms. The molecule has 0 unspecified atom stereocenters. The van der Waals surface area contributed by atoms with Crippen LogP contribution >= 0.6 is 11.6 Å². The van der Waals surface area contributed by atoms with Crippen molar-refractivity contribution in [3.8, 4) is 5.75 Å². The summed E-state index contributed by atoms with van der Waals surface area (Å²) in [5.74, 6) is 0.613. The van der Waals surface area contributed by atoms with Gasteiger partial charge in [-0.2, -0.15) is 0 Å². The first-order chi connectivity index (χ1) is 11.2. The second-order valence-corrected chi connectivity index (χ2v) is 6.08. The topological polar surface area (TPSA) is 15.7 Å². The van der Waals surface area contributed by atoms with E-state index in [0.29, 0.717) is 5.02 Å². The number of halogens is 2. The van der Waals surface area contributed by atoms with Crippen LogP contribution in [0.2, 0.25) is 5.02 Å². The fourth-order valence-corrected chi connectivity index (χ4v) is 3.16. The van der Waals surface area contributed by atoms with E-state index in [1.165, 1.54) is 12.1 Å². The number of hydrogen-bond acceptors (Lipinski definition) is 3. The van der Waals surface area contributed by atoms with Crippen molar-refractivity contribution in [1.82, 2.24) is 4.90 Å². The maximum atomic E-state index is 13.1. The summed E-state index contributed by atoms with van der Waals surface area (Å²) in [5.41, 5.74) is 2.10. The Kier molecular flexibility index (Phi) is 5.03. The number of para-hydroxylation sites is 2. The summed E-state index contributed by atoms with van der Waals surface area (Å²) in [7, 11) is 1.70. The Morgan fingerprint density at radius 3 is 2.52 bits per heavy atom. The van der Waals surface area contributed by atoms with E-state index in [0.717, 1.165) is 49.7 Å². The highest BCUT2D eigenvalue weighted by Crippen LogP contribution is 2.28. The van der Waals surface area contributed by atoms with Gasteiger partial charge >= 0.3 is 0 Å². The average molecular weight is 335 g/mol. The van der Waals surface area contributed by atoms with Crippen LogP contribution in [0.25, 0.3) is 0 Å². The number of anilines is 1. The third-order valence-corrected chi connectivity index (χ3v) is 4.56. The lowest BCUT2D eigenvalue weighted by Crippen LogP contribution is -2.46. The van der Waals surface area contributed by atoms with Gasteiger partial charge < -0.3 is 9.64 Å². The summed E-state index contributed by atoms with van der Waals surface area (Å²) in [5, 5.41) is 0.497. The van der Waals surface area contributed by atoms with E-state index in [1.807, 2.05) is 18.2 Å². The molecular weight excluding hydrogens is 315 g/mol. The molecule has 0 spiro atoms. The first-order valence-electron chi connectivity index (χ1n) is 7.71. The van der Waals surface area contributed by atoms with Gasteiger partial charge in [0.2, 0.25) is 0 Å². The minimum absolute atomic E-state index is 0.292. The Bertz CT molecular complexity index is 672. The minimum atomic E-state index is -0.292. The van der Waals surface area contributed by atoms with Crippen molar-refractivity contribution in [1.29, 1.82) is 0 Å². The number of hydrogen-bond donors (Lipinski definition) is 0. The fraction of sp³-hybridized carbons (Fsp3) is 0.333. The fourth-order valence-electron chi connectivity index (χ4n) is 2.93. The standard InChI is InChI=1S/C18H20ClFN2O/c1-23-18-5-3-2-4-17(18)22-10-8-21(9-11-22)13-14-6-7-15(20)12-16(14)19/h2-7,12H,8-11,13H2,1H3. The van der Waals surface area contributed by atoms with Crippen molar-refractivity contribution < 1.29 is 9.13 Å². The molecule has 5 heteroatoms. The highest BCUT2D eigenvalue weighted by Gasteiger charge is 2.20. The van der Waals surface area contributed by atoms with E-state index < -0.39 is 0 Å². The van der Waals surface area contributed by atoms with Crippen LogP contribution in [0.15, 0.2) is 42.5 Å². The maximum absolute atomic E-state index is 13.1. The zero-order valence-electron chi connectivity index (χ0n) is 13.1. The number of methoxy groups -OCH3 is 1. The predicted molar refractivity (Wildman–Crippen MR) is 91.9 cm³/mol. The number of nitrogens with zero attached hydrogens (tertiary/aromatic N) is 2. The normalized spacial score (nSPS) is 15.7. The summed E-state index contributed by atoms with van der Waals surface area (Å²) in [6.45, 7) is 4.48.